The van der Waals surface area contributed by atoms with Gasteiger partial charge in [-0.25, -0.2) is 4.18 Å². The Bertz CT molecular complexity index is 1740. The quantitative estimate of drug-likeness (QED) is 0.198. The summed E-state index contributed by atoms with van der Waals surface area (Å²) in [6.07, 6.45) is 7.38. The third-order valence-corrected chi connectivity index (χ3v) is 8.35. The molecule has 0 aliphatic rings. The van der Waals surface area contributed by atoms with Gasteiger partial charge < -0.3 is 13.7 Å². The van der Waals surface area contributed by atoms with Crippen molar-refractivity contribution in [2.24, 2.45) is 0 Å². The molecule has 3 aromatic carbocycles. The van der Waals surface area contributed by atoms with Crippen molar-refractivity contribution in [2.45, 2.75) is 46.0 Å². The molecule has 0 fully saturated rings. The second-order valence-electron chi connectivity index (χ2n) is 10.0. The van der Waals surface area contributed by atoms with Crippen LogP contribution in [0, 0.1) is 0 Å². The first kappa shape index (κ1) is 25.5. The fraction of sp³-hybridized carbons (Fsp3) is 0.250. The molecule has 39 heavy (non-hydrogen) atoms. The van der Waals surface area contributed by atoms with Crippen molar-refractivity contribution in [1.29, 1.82) is 0 Å². The van der Waals surface area contributed by atoms with Crippen LogP contribution in [-0.4, -0.2) is 28.4 Å². The molecule has 6 nitrogen and oxygen atoms in total. The summed E-state index contributed by atoms with van der Waals surface area (Å²) in [5, 5.41) is 2.89. The number of benzene rings is 3. The van der Waals surface area contributed by atoms with Crippen molar-refractivity contribution >= 4 is 42.8 Å². The van der Waals surface area contributed by atoms with Gasteiger partial charge >= 0.3 is 0 Å². The maximum atomic E-state index is 13.4. The van der Waals surface area contributed by atoms with Gasteiger partial charge in [0.05, 0.1) is 6.26 Å². The second-order valence-corrected chi connectivity index (χ2v) is 11.6. The summed E-state index contributed by atoms with van der Waals surface area (Å²) < 4.78 is 39.7. The van der Waals surface area contributed by atoms with E-state index in [1.807, 2.05) is 36.4 Å². The van der Waals surface area contributed by atoms with E-state index in [4.69, 9.17) is 4.18 Å². The van der Waals surface area contributed by atoms with E-state index in [0.29, 0.717) is 0 Å². The molecule has 200 valence electrons. The SMILES string of the molecule is CCn1cc(C(OS(C)(=O)=O)(c2cn(CC)c3ccccc23)c2cn(CC)c3ccccc23)c2ccccc21. The zero-order chi connectivity index (χ0) is 27.4. The van der Waals surface area contributed by atoms with Crippen molar-refractivity contribution < 1.29 is 12.6 Å². The molecule has 0 aliphatic heterocycles. The molecule has 6 aromatic rings. The zero-order valence-corrected chi connectivity index (χ0v) is 23.6. The number of nitrogens with zero attached hydrogens (tertiary/aromatic N) is 3. The fourth-order valence-electron chi connectivity index (χ4n) is 6.16. The highest BCUT2D eigenvalue weighted by Gasteiger charge is 2.47. The van der Waals surface area contributed by atoms with Gasteiger partial charge in [-0.05, 0) is 39.0 Å². The molecular weight excluding hydrogens is 506 g/mol. The molecule has 3 aromatic heterocycles. The van der Waals surface area contributed by atoms with Crippen molar-refractivity contribution in [3.8, 4) is 0 Å². The summed E-state index contributed by atoms with van der Waals surface area (Å²) in [5.41, 5.74) is 4.10. The van der Waals surface area contributed by atoms with Crippen LogP contribution in [0.4, 0.5) is 0 Å². The maximum Gasteiger partial charge on any atom is 0.265 e. The van der Waals surface area contributed by atoms with Gasteiger partial charge in [-0.2, -0.15) is 8.42 Å². The average molecular weight is 540 g/mol. The second kappa shape index (κ2) is 9.43. The third-order valence-electron chi connectivity index (χ3n) is 7.80. The standard InChI is InChI=1S/C32H33N3O3S/c1-5-33-20-26(23-14-8-11-17-29(23)33)32(38-39(4,36)37,27-21-34(6-2)30-18-12-9-15-24(27)30)28-22-35(7-3)31-19-13-10-16-25(28)31/h8-22H,5-7H2,1-4H3. The number of aromatic nitrogens is 3. The Balaban J connectivity index is 1.88. The van der Waals surface area contributed by atoms with Gasteiger partial charge in [0.25, 0.3) is 10.1 Å². The smallest absolute Gasteiger partial charge is 0.265 e. The molecular formula is C32H33N3O3S. The molecule has 3 heterocycles. The van der Waals surface area contributed by atoms with Crippen LogP contribution in [0.25, 0.3) is 32.7 Å². The van der Waals surface area contributed by atoms with Crippen LogP contribution in [0.15, 0.2) is 91.4 Å². The molecule has 7 heteroatoms. The number of aryl methyl sites for hydroxylation is 3. The number of fused-ring (bicyclic) bond motifs is 3. The highest BCUT2D eigenvalue weighted by atomic mass is 32.2. The number of para-hydroxylation sites is 3. The van der Waals surface area contributed by atoms with Crippen LogP contribution in [0.5, 0.6) is 0 Å². The van der Waals surface area contributed by atoms with E-state index in [2.05, 4.69) is 89.5 Å². The van der Waals surface area contributed by atoms with Crippen LogP contribution < -0.4 is 0 Å². The number of rotatable bonds is 8. The van der Waals surface area contributed by atoms with Gasteiger partial charge in [0.1, 0.15) is 0 Å². The maximum absolute atomic E-state index is 13.4. The molecule has 0 unspecified atom stereocenters. The molecule has 0 bridgehead atoms. The molecule has 0 N–H and O–H groups in total. The Labute approximate surface area is 229 Å². The predicted octanol–water partition coefficient (Wildman–Crippen LogP) is 6.88. The molecule has 6 rings (SSSR count). The summed E-state index contributed by atoms with van der Waals surface area (Å²) in [6, 6.07) is 24.5. The molecule has 0 radical (unpaired) electrons. The van der Waals surface area contributed by atoms with Crippen molar-refractivity contribution in [3.63, 3.8) is 0 Å². The van der Waals surface area contributed by atoms with Crippen LogP contribution in [0.2, 0.25) is 0 Å². The normalized spacial score (nSPS) is 12.7. The Morgan fingerprint density at radius 1 is 0.590 bits per heavy atom. The van der Waals surface area contributed by atoms with E-state index in [0.717, 1.165) is 75.3 Å². The van der Waals surface area contributed by atoms with Crippen LogP contribution >= 0.6 is 0 Å². The summed E-state index contributed by atoms with van der Waals surface area (Å²) in [4.78, 5) is 0. The molecule has 0 amide bonds. The van der Waals surface area contributed by atoms with E-state index in [-0.39, 0.29) is 0 Å². The van der Waals surface area contributed by atoms with E-state index >= 15 is 0 Å². The minimum Gasteiger partial charge on any atom is -0.347 e. The molecule has 0 saturated carbocycles. The molecule has 0 spiro atoms. The lowest BCUT2D eigenvalue weighted by Crippen LogP contribution is -2.35. The van der Waals surface area contributed by atoms with E-state index in [1.165, 1.54) is 0 Å². The first-order valence-electron chi connectivity index (χ1n) is 13.5. The number of hydrogen-bond donors (Lipinski definition) is 0. The van der Waals surface area contributed by atoms with Gasteiger partial charge in [0.2, 0.25) is 0 Å². The first-order chi connectivity index (χ1) is 18.8. The van der Waals surface area contributed by atoms with Crippen LogP contribution in [-0.2, 0) is 39.5 Å². The third kappa shape index (κ3) is 3.91. The monoisotopic (exact) mass is 539 g/mol. The summed E-state index contributed by atoms with van der Waals surface area (Å²) in [5.74, 6) is 0. The zero-order valence-electron chi connectivity index (χ0n) is 22.8. The van der Waals surface area contributed by atoms with Gasteiger partial charge in [0.15, 0.2) is 5.60 Å². The highest BCUT2D eigenvalue weighted by Crippen LogP contribution is 2.50. The average Bonchev–Trinajstić information content (AvgIpc) is 3.63. The Morgan fingerprint density at radius 2 is 0.897 bits per heavy atom. The molecule has 0 atom stereocenters. The highest BCUT2D eigenvalue weighted by molar-refractivity contribution is 7.86. The summed E-state index contributed by atoms with van der Waals surface area (Å²) in [6.45, 7) is 8.51. The predicted molar refractivity (Wildman–Crippen MR) is 159 cm³/mol. The van der Waals surface area contributed by atoms with Gasteiger partial charge in [-0.3, -0.25) is 0 Å². The Morgan fingerprint density at radius 3 is 1.18 bits per heavy atom. The summed E-state index contributed by atoms with van der Waals surface area (Å²) in [7, 11) is -3.95. The molecule has 0 aliphatic carbocycles. The lowest BCUT2D eigenvalue weighted by molar-refractivity contribution is 0.170. The van der Waals surface area contributed by atoms with E-state index in [9.17, 15) is 8.42 Å². The van der Waals surface area contributed by atoms with Gasteiger partial charge in [-0.15, -0.1) is 0 Å². The van der Waals surface area contributed by atoms with Crippen LogP contribution in [0.1, 0.15) is 37.5 Å². The van der Waals surface area contributed by atoms with E-state index < -0.39 is 15.7 Å². The largest absolute Gasteiger partial charge is 0.347 e. The lowest BCUT2D eigenvalue weighted by Gasteiger charge is -2.33. The van der Waals surface area contributed by atoms with E-state index in [1.54, 1.807) is 0 Å². The fourth-order valence-corrected chi connectivity index (χ4v) is 6.89. The molecule has 0 saturated heterocycles. The van der Waals surface area contributed by atoms with Crippen molar-refractivity contribution in [2.75, 3.05) is 6.26 Å². The summed E-state index contributed by atoms with van der Waals surface area (Å²) >= 11 is 0. The lowest BCUT2D eigenvalue weighted by atomic mass is 9.80. The number of hydrogen-bond acceptors (Lipinski definition) is 3. The first-order valence-corrected chi connectivity index (χ1v) is 15.3. The minimum atomic E-state index is -3.95. The Kier molecular flexibility index (Phi) is 6.16. The van der Waals surface area contributed by atoms with Crippen molar-refractivity contribution in [1.82, 2.24) is 13.7 Å². The topological polar surface area (TPSA) is 58.2 Å². The van der Waals surface area contributed by atoms with Crippen molar-refractivity contribution in [3.05, 3.63) is 108 Å². The van der Waals surface area contributed by atoms with Gasteiger partial charge in [-0.1, -0.05) is 54.6 Å². The van der Waals surface area contributed by atoms with Crippen LogP contribution in [0.3, 0.4) is 0 Å². The Hall–Kier alpha value is -3.81. The minimum absolute atomic E-state index is 0.739. The van der Waals surface area contributed by atoms with Gasteiger partial charge in [0, 0.05) is 87.6 Å².